The van der Waals surface area contributed by atoms with E-state index in [9.17, 15) is 0 Å². The number of anilines is 2. The minimum Gasteiger partial charge on any atom is -0.496 e. The normalized spacial score (nSPS) is 11.2. The monoisotopic (exact) mass is 283 g/mol. The molecule has 2 aromatic carbocycles. The molecule has 0 bridgehead atoms. The second-order valence-corrected chi connectivity index (χ2v) is 4.67. The number of benzene rings is 2. The molecule has 0 spiro atoms. The number of ether oxygens (including phenoxy) is 1. The summed E-state index contributed by atoms with van der Waals surface area (Å²) in [5.41, 5.74) is 16.2. The van der Waals surface area contributed by atoms with Crippen LogP contribution in [0.4, 0.5) is 11.4 Å². The standard InChI is InChI=1S/C17H21N3O/c1-3-12-16(9-6-10-17(12)21-2)20-11-15(19)13-7-4-5-8-14(13)18/h4-11,20H,3,18-19H2,1-2H3/b15-11-. The van der Waals surface area contributed by atoms with E-state index in [0.717, 1.165) is 29.0 Å². The van der Waals surface area contributed by atoms with E-state index in [1.54, 1.807) is 13.3 Å². The first-order valence-corrected chi connectivity index (χ1v) is 6.90. The molecule has 0 aliphatic rings. The molecule has 2 aromatic rings. The van der Waals surface area contributed by atoms with E-state index >= 15 is 0 Å². The summed E-state index contributed by atoms with van der Waals surface area (Å²) in [6, 6.07) is 13.4. The van der Waals surface area contributed by atoms with Gasteiger partial charge in [-0.15, -0.1) is 0 Å². The van der Waals surface area contributed by atoms with Crippen molar-refractivity contribution >= 4 is 17.1 Å². The molecule has 110 valence electrons. The highest BCUT2D eigenvalue weighted by Crippen LogP contribution is 2.27. The number of hydrogen-bond acceptors (Lipinski definition) is 4. The highest BCUT2D eigenvalue weighted by molar-refractivity contribution is 5.74. The van der Waals surface area contributed by atoms with Gasteiger partial charge in [0.1, 0.15) is 5.75 Å². The molecule has 0 heterocycles. The molecule has 0 aromatic heterocycles. The van der Waals surface area contributed by atoms with Gasteiger partial charge in [0.15, 0.2) is 0 Å². The highest BCUT2D eigenvalue weighted by Gasteiger charge is 2.06. The molecule has 4 nitrogen and oxygen atoms in total. The van der Waals surface area contributed by atoms with Crippen molar-refractivity contribution in [1.29, 1.82) is 0 Å². The molecule has 0 aliphatic carbocycles. The molecule has 0 atom stereocenters. The fourth-order valence-corrected chi connectivity index (χ4v) is 2.25. The maximum atomic E-state index is 6.09. The van der Waals surface area contributed by atoms with Gasteiger partial charge in [0.2, 0.25) is 0 Å². The summed E-state index contributed by atoms with van der Waals surface area (Å²) in [5.74, 6) is 0.869. The van der Waals surface area contributed by atoms with Crippen molar-refractivity contribution in [3.63, 3.8) is 0 Å². The first-order valence-electron chi connectivity index (χ1n) is 6.90. The van der Waals surface area contributed by atoms with E-state index in [2.05, 4.69) is 12.2 Å². The number of rotatable bonds is 5. The Bertz CT molecular complexity index is 650. The van der Waals surface area contributed by atoms with Crippen molar-refractivity contribution in [2.45, 2.75) is 13.3 Å². The molecule has 21 heavy (non-hydrogen) atoms. The van der Waals surface area contributed by atoms with E-state index in [4.69, 9.17) is 16.2 Å². The zero-order valence-corrected chi connectivity index (χ0v) is 12.4. The molecule has 5 N–H and O–H groups in total. The van der Waals surface area contributed by atoms with Gasteiger partial charge in [0, 0.05) is 28.7 Å². The lowest BCUT2D eigenvalue weighted by Crippen LogP contribution is -2.04. The van der Waals surface area contributed by atoms with Crippen LogP contribution in [0.2, 0.25) is 0 Å². The summed E-state index contributed by atoms with van der Waals surface area (Å²) >= 11 is 0. The summed E-state index contributed by atoms with van der Waals surface area (Å²) in [4.78, 5) is 0. The predicted octanol–water partition coefficient (Wildman–Crippen LogP) is 3.21. The van der Waals surface area contributed by atoms with Crippen LogP contribution >= 0.6 is 0 Å². The summed E-state index contributed by atoms with van der Waals surface area (Å²) in [6.07, 6.45) is 2.63. The third-order valence-corrected chi connectivity index (χ3v) is 3.36. The molecule has 0 unspecified atom stereocenters. The minimum absolute atomic E-state index is 0.595. The fraction of sp³-hybridized carbons (Fsp3) is 0.176. The van der Waals surface area contributed by atoms with Crippen molar-refractivity contribution in [3.8, 4) is 5.75 Å². The minimum atomic E-state index is 0.595. The number of nitrogen functional groups attached to an aromatic ring is 1. The third kappa shape index (κ3) is 3.28. The third-order valence-electron chi connectivity index (χ3n) is 3.36. The van der Waals surface area contributed by atoms with E-state index in [0.29, 0.717) is 11.4 Å². The first-order chi connectivity index (χ1) is 10.2. The lowest BCUT2D eigenvalue weighted by atomic mass is 10.1. The molecular formula is C17H21N3O. The van der Waals surface area contributed by atoms with Gasteiger partial charge < -0.3 is 21.5 Å². The van der Waals surface area contributed by atoms with Crippen molar-refractivity contribution in [2.75, 3.05) is 18.2 Å². The Hall–Kier alpha value is -2.62. The average molecular weight is 283 g/mol. The van der Waals surface area contributed by atoms with Crippen molar-refractivity contribution in [1.82, 2.24) is 0 Å². The zero-order chi connectivity index (χ0) is 15.2. The molecule has 0 amide bonds. The average Bonchev–Trinajstić information content (AvgIpc) is 2.52. The van der Waals surface area contributed by atoms with Crippen molar-refractivity contribution in [3.05, 3.63) is 59.8 Å². The summed E-state index contributed by atoms with van der Waals surface area (Å²) < 4.78 is 5.38. The molecule has 0 aliphatic heterocycles. The second-order valence-electron chi connectivity index (χ2n) is 4.67. The Balaban J connectivity index is 2.27. The Labute approximate surface area is 125 Å². The molecule has 0 saturated heterocycles. The highest BCUT2D eigenvalue weighted by atomic mass is 16.5. The summed E-state index contributed by atoms with van der Waals surface area (Å²) in [6.45, 7) is 2.09. The van der Waals surface area contributed by atoms with Crippen molar-refractivity contribution < 1.29 is 4.74 Å². The first kappa shape index (κ1) is 14.8. The van der Waals surface area contributed by atoms with Crippen LogP contribution in [0.15, 0.2) is 48.7 Å². The lowest BCUT2D eigenvalue weighted by molar-refractivity contribution is 0.410. The van der Waals surface area contributed by atoms with Crippen LogP contribution in [-0.4, -0.2) is 7.11 Å². The van der Waals surface area contributed by atoms with Gasteiger partial charge in [-0.1, -0.05) is 31.2 Å². The second kappa shape index (κ2) is 6.70. The largest absolute Gasteiger partial charge is 0.496 e. The molecule has 4 heteroatoms. The molecular weight excluding hydrogens is 262 g/mol. The Kier molecular flexibility index (Phi) is 4.72. The molecule has 0 fully saturated rings. The van der Waals surface area contributed by atoms with Crippen LogP contribution in [0.1, 0.15) is 18.1 Å². The van der Waals surface area contributed by atoms with Gasteiger partial charge in [0.25, 0.3) is 0 Å². The van der Waals surface area contributed by atoms with Crippen LogP contribution in [0.5, 0.6) is 5.75 Å². The number of hydrogen-bond donors (Lipinski definition) is 3. The zero-order valence-electron chi connectivity index (χ0n) is 12.4. The van der Waals surface area contributed by atoms with Gasteiger partial charge in [-0.3, -0.25) is 0 Å². The van der Waals surface area contributed by atoms with Crippen molar-refractivity contribution in [2.24, 2.45) is 5.73 Å². The van der Waals surface area contributed by atoms with Gasteiger partial charge >= 0.3 is 0 Å². The van der Waals surface area contributed by atoms with Gasteiger partial charge in [-0.25, -0.2) is 0 Å². The number of nitrogens with one attached hydrogen (secondary N) is 1. The fourth-order valence-electron chi connectivity index (χ4n) is 2.25. The number of nitrogens with two attached hydrogens (primary N) is 2. The number of methoxy groups -OCH3 is 1. The number of para-hydroxylation sites is 1. The Morgan fingerprint density at radius 3 is 2.62 bits per heavy atom. The summed E-state index contributed by atoms with van der Waals surface area (Å²) in [7, 11) is 1.67. The van der Waals surface area contributed by atoms with Gasteiger partial charge in [0.05, 0.1) is 12.8 Å². The molecule has 0 radical (unpaired) electrons. The van der Waals surface area contributed by atoms with E-state index in [1.165, 1.54) is 0 Å². The van der Waals surface area contributed by atoms with E-state index < -0.39 is 0 Å². The molecule has 2 rings (SSSR count). The molecule has 0 saturated carbocycles. The van der Waals surface area contributed by atoms with Gasteiger partial charge in [-0.05, 0) is 24.6 Å². The maximum Gasteiger partial charge on any atom is 0.124 e. The van der Waals surface area contributed by atoms with Gasteiger partial charge in [-0.2, -0.15) is 0 Å². The Morgan fingerprint density at radius 2 is 1.95 bits per heavy atom. The Morgan fingerprint density at radius 1 is 1.19 bits per heavy atom. The van der Waals surface area contributed by atoms with E-state index in [1.807, 2.05) is 42.5 Å². The SMILES string of the molecule is CCc1c(N/C=C(\N)c2ccccc2N)cccc1OC. The maximum absolute atomic E-state index is 6.09. The summed E-state index contributed by atoms with van der Waals surface area (Å²) in [5, 5.41) is 3.24. The quantitative estimate of drug-likeness (QED) is 0.737. The van der Waals surface area contributed by atoms with E-state index in [-0.39, 0.29) is 0 Å². The van der Waals surface area contributed by atoms with Crippen LogP contribution in [0.25, 0.3) is 5.70 Å². The smallest absolute Gasteiger partial charge is 0.124 e. The lowest BCUT2D eigenvalue weighted by Gasteiger charge is -2.13. The van der Waals surface area contributed by atoms with Crippen LogP contribution in [0, 0.1) is 0 Å². The van der Waals surface area contributed by atoms with Crippen LogP contribution in [-0.2, 0) is 6.42 Å². The van der Waals surface area contributed by atoms with Crippen LogP contribution < -0.4 is 21.5 Å². The topological polar surface area (TPSA) is 73.3 Å². The predicted molar refractivity (Wildman–Crippen MR) is 89.0 cm³/mol. The van der Waals surface area contributed by atoms with Crippen LogP contribution in [0.3, 0.4) is 0 Å².